The fraction of sp³-hybridized carbons (Fsp3) is 0.500. The summed E-state index contributed by atoms with van der Waals surface area (Å²) in [4.78, 5) is 0. The number of ether oxygens (including phenoxy) is 1. The third-order valence-corrected chi connectivity index (χ3v) is 2.85. The van der Waals surface area contributed by atoms with Crippen molar-refractivity contribution < 1.29 is 13.5 Å². The van der Waals surface area contributed by atoms with E-state index in [1.807, 2.05) is 6.92 Å². The topological polar surface area (TPSA) is 47.3 Å². The van der Waals surface area contributed by atoms with Crippen molar-refractivity contribution in [2.24, 2.45) is 5.84 Å². The van der Waals surface area contributed by atoms with Crippen molar-refractivity contribution in [1.82, 2.24) is 5.43 Å². The summed E-state index contributed by atoms with van der Waals surface area (Å²) in [6, 6.07) is 2.61. The Labute approximate surface area is 99.9 Å². The van der Waals surface area contributed by atoms with Gasteiger partial charge < -0.3 is 4.74 Å². The first kappa shape index (κ1) is 14.0. The molecular weight excluding hydrogens is 226 g/mol. The molecule has 3 N–H and O–H groups in total. The van der Waals surface area contributed by atoms with Crippen LogP contribution >= 0.6 is 0 Å². The number of nitrogens with one attached hydrogen (secondary N) is 1. The van der Waals surface area contributed by atoms with E-state index in [-0.39, 0.29) is 17.2 Å². The van der Waals surface area contributed by atoms with E-state index in [1.54, 1.807) is 13.2 Å². The smallest absolute Gasteiger partial charge is 0.163 e. The maximum Gasteiger partial charge on any atom is 0.163 e. The van der Waals surface area contributed by atoms with Crippen molar-refractivity contribution in [3.63, 3.8) is 0 Å². The molecule has 0 heterocycles. The van der Waals surface area contributed by atoms with Gasteiger partial charge in [0.15, 0.2) is 11.6 Å². The SMILES string of the molecule is COC(C)CC(NN)c1ccc(C)c(F)c1F. The average Bonchev–Trinajstić information content (AvgIpc) is 2.33. The molecule has 3 nitrogen and oxygen atoms in total. The van der Waals surface area contributed by atoms with Gasteiger partial charge in [-0.3, -0.25) is 11.3 Å². The van der Waals surface area contributed by atoms with Crippen molar-refractivity contribution in [3.8, 4) is 0 Å². The number of hydrazine groups is 1. The van der Waals surface area contributed by atoms with Crippen molar-refractivity contribution in [3.05, 3.63) is 34.9 Å². The van der Waals surface area contributed by atoms with E-state index >= 15 is 0 Å². The van der Waals surface area contributed by atoms with Gasteiger partial charge in [-0.2, -0.15) is 0 Å². The average molecular weight is 244 g/mol. The van der Waals surface area contributed by atoms with Gasteiger partial charge in [-0.1, -0.05) is 12.1 Å². The molecule has 0 saturated carbocycles. The minimum Gasteiger partial charge on any atom is -0.382 e. The van der Waals surface area contributed by atoms with Crippen LogP contribution in [0.4, 0.5) is 8.78 Å². The molecule has 0 aromatic heterocycles. The van der Waals surface area contributed by atoms with Gasteiger partial charge in [-0.05, 0) is 25.8 Å². The van der Waals surface area contributed by atoms with Crippen molar-refractivity contribution in [2.75, 3.05) is 7.11 Å². The maximum absolute atomic E-state index is 13.7. The number of rotatable bonds is 5. The summed E-state index contributed by atoms with van der Waals surface area (Å²) in [5.74, 6) is 3.69. The molecule has 1 aromatic rings. The van der Waals surface area contributed by atoms with Gasteiger partial charge in [0, 0.05) is 12.7 Å². The number of benzene rings is 1. The molecule has 0 aliphatic carbocycles. The van der Waals surface area contributed by atoms with Gasteiger partial charge in [0.05, 0.1) is 12.1 Å². The Morgan fingerprint density at radius 2 is 2.00 bits per heavy atom. The Morgan fingerprint density at radius 3 is 2.53 bits per heavy atom. The number of nitrogens with two attached hydrogens (primary N) is 1. The van der Waals surface area contributed by atoms with Crippen molar-refractivity contribution in [1.29, 1.82) is 0 Å². The van der Waals surface area contributed by atoms with Crippen LogP contribution in [0.1, 0.15) is 30.5 Å². The van der Waals surface area contributed by atoms with Crippen LogP contribution in [0.5, 0.6) is 0 Å². The summed E-state index contributed by atoms with van der Waals surface area (Å²) in [6.45, 7) is 3.36. The third-order valence-electron chi connectivity index (χ3n) is 2.85. The lowest BCUT2D eigenvalue weighted by Gasteiger charge is -2.20. The molecule has 96 valence electrons. The minimum absolute atomic E-state index is 0.0974. The normalized spacial score (nSPS) is 14.7. The molecule has 2 unspecified atom stereocenters. The Hall–Kier alpha value is -1.04. The Bertz CT molecular complexity index is 385. The molecule has 0 aliphatic rings. The van der Waals surface area contributed by atoms with E-state index in [0.717, 1.165) is 0 Å². The zero-order valence-electron chi connectivity index (χ0n) is 10.3. The lowest BCUT2D eigenvalue weighted by Crippen LogP contribution is -2.31. The van der Waals surface area contributed by atoms with Gasteiger partial charge in [-0.25, -0.2) is 8.78 Å². The molecule has 17 heavy (non-hydrogen) atoms. The molecule has 2 atom stereocenters. The minimum atomic E-state index is -0.851. The van der Waals surface area contributed by atoms with Crippen LogP contribution in [-0.4, -0.2) is 13.2 Å². The van der Waals surface area contributed by atoms with Gasteiger partial charge in [0.2, 0.25) is 0 Å². The molecule has 0 spiro atoms. The van der Waals surface area contributed by atoms with Crippen LogP contribution in [0, 0.1) is 18.6 Å². The highest BCUT2D eigenvalue weighted by Crippen LogP contribution is 2.24. The molecule has 0 amide bonds. The predicted octanol–water partition coefficient (Wildman–Crippen LogP) is 2.20. The standard InChI is InChI=1S/C12H18F2N2O/c1-7-4-5-9(12(14)11(7)13)10(16-15)6-8(2)17-3/h4-5,8,10,16H,6,15H2,1-3H3. The van der Waals surface area contributed by atoms with Gasteiger partial charge in [0.1, 0.15) is 0 Å². The first-order valence-corrected chi connectivity index (χ1v) is 5.44. The Morgan fingerprint density at radius 1 is 1.35 bits per heavy atom. The Balaban J connectivity index is 3.00. The first-order valence-electron chi connectivity index (χ1n) is 5.44. The van der Waals surface area contributed by atoms with E-state index in [4.69, 9.17) is 10.6 Å². The second kappa shape index (κ2) is 6.05. The largest absolute Gasteiger partial charge is 0.382 e. The van der Waals surface area contributed by atoms with Crippen LogP contribution in [-0.2, 0) is 4.74 Å². The highest BCUT2D eigenvalue weighted by Gasteiger charge is 2.20. The summed E-state index contributed by atoms with van der Waals surface area (Å²) in [6.07, 6.45) is 0.367. The Kier molecular flexibility index (Phi) is 4.99. The highest BCUT2D eigenvalue weighted by atomic mass is 19.2. The summed E-state index contributed by atoms with van der Waals surface area (Å²) < 4.78 is 32.3. The molecule has 5 heteroatoms. The predicted molar refractivity (Wildman–Crippen MR) is 62.2 cm³/mol. The zero-order chi connectivity index (χ0) is 13.0. The van der Waals surface area contributed by atoms with Crippen LogP contribution < -0.4 is 11.3 Å². The molecule has 0 radical (unpaired) electrons. The fourth-order valence-electron chi connectivity index (χ4n) is 1.64. The number of hydrogen-bond acceptors (Lipinski definition) is 3. The van der Waals surface area contributed by atoms with E-state index in [0.29, 0.717) is 6.42 Å². The van der Waals surface area contributed by atoms with Crippen LogP contribution in [0.2, 0.25) is 0 Å². The highest BCUT2D eigenvalue weighted by molar-refractivity contribution is 5.27. The zero-order valence-corrected chi connectivity index (χ0v) is 10.3. The van der Waals surface area contributed by atoms with Gasteiger partial charge in [0.25, 0.3) is 0 Å². The van der Waals surface area contributed by atoms with E-state index in [1.165, 1.54) is 13.0 Å². The summed E-state index contributed by atoms with van der Waals surface area (Å²) in [7, 11) is 1.56. The molecule has 0 fully saturated rings. The molecule has 0 aliphatic heterocycles. The quantitative estimate of drug-likeness (QED) is 0.616. The summed E-state index contributed by atoms with van der Waals surface area (Å²) in [5, 5.41) is 0. The third kappa shape index (κ3) is 3.21. The maximum atomic E-state index is 13.7. The number of methoxy groups -OCH3 is 1. The van der Waals surface area contributed by atoms with Crippen LogP contribution in [0.25, 0.3) is 0 Å². The second-order valence-corrected chi connectivity index (χ2v) is 4.10. The fourth-order valence-corrected chi connectivity index (χ4v) is 1.64. The molecule has 1 aromatic carbocycles. The van der Waals surface area contributed by atoms with Crippen LogP contribution in [0.3, 0.4) is 0 Å². The summed E-state index contributed by atoms with van der Waals surface area (Å²) >= 11 is 0. The van der Waals surface area contributed by atoms with E-state index in [2.05, 4.69) is 5.43 Å². The van der Waals surface area contributed by atoms with Crippen molar-refractivity contribution in [2.45, 2.75) is 32.4 Å². The number of aryl methyl sites for hydroxylation is 1. The number of halogens is 2. The summed E-state index contributed by atoms with van der Waals surface area (Å²) in [5.41, 5.74) is 2.99. The van der Waals surface area contributed by atoms with E-state index < -0.39 is 17.7 Å². The molecule has 0 saturated heterocycles. The van der Waals surface area contributed by atoms with Crippen molar-refractivity contribution >= 4 is 0 Å². The molecule has 1 rings (SSSR count). The number of hydrogen-bond donors (Lipinski definition) is 2. The monoisotopic (exact) mass is 244 g/mol. The molecule has 0 bridgehead atoms. The second-order valence-electron chi connectivity index (χ2n) is 4.10. The van der Waals surface area contributed by atoms with Gasteiger partial charge in [-0.15, -0.1) is 0 Å². The van der Waals surface area contributed by atoms with Gasteiger partial charge >= 0.3 is 0 Å². The molecular formula is C12H18F2N2O. The van der Waals surface area contributed by atoms with Crippen LogP contribution in [0.15, 0.2) is 12.1 Å². The first-order chi connectivity index (χ1) is 8.01. The lowest BCUT2D eigenvalue weighted by atomic mass is 9.99. The van der Waals surface area contributed by atoms with E-state index in [9.17, 15) is 8.78 Å². The lowest BCUT2D eigenvalue weighted by molar-refractivity contribution is 0.0999.